The standard InChI is InChI=1S/C21H27N3O3S/c1-13(2)27-16-10-8-14(9-11-16)19-18-20(22-17(25)12-28-19)24(23-21(18)26)15-6-4-3-5-7-15/h8-11,13,15,19H,3-7,12H2,1-2H3,(H,22,25)(H,23,26). The first-order valence-corrected chi connectivity index (χ1v) is 11.1. The van der Waals surface area contributed by atoms with E-state index < -0.39 is 0 Å². The van der Waals surface area contributed by atoms with Crippen molar-refractivity contribution >= 4 is 23.5 Å². The number of H-pyrrole nitrogens is 1. The second-order valence-corrected chi connectivity index (χ2v) is 8.93. The molecule has 7 heteroatoms. The number of thioether (sulfide) groups is 1. The van der Waals surface area contributed by atoms with Crippen molar-refractivity contribution in [2.75, 3.05) is 11.1 Å². The molecule has 1 aromatic carbocycles. The summed E-state index contributed by atoms with van der Waals surface area (Å²) < 4.78 is 7.65. The van der Waals surface area contributed by atoms with Crippen LogP contribution in [0.3, 0.4) is 0 Å². The molecule has 1 fully saturated rings. The Kier molecular flexibility index (Phi) is 5.53. The smallest absolute Gasteiger partial charge is 0.270 e. The lowest BCUT2D eigenvalue weighted by Crippen LogP contribution is -2.21. The SMILES string of the molecule is CC(C)Oc1ccc(C2SCC(=O)Nc3c2c(=O)[nH]n3C2CCCCC2)cc1. The molecule has 1 atom stereocenters. The molecule has 1 aliphatic heterocycles. The minimum Gasteiger partial charge on any atom is -0.491 e. The van der Waals surface area contributed by atoms with E-state index in [1.165, 1.54) is 18.2 Å². The van der Waals surface area contributed by atoms with Gasteiger partial charge in [0, 0.05) is 0 Å². The summed E-state index contributed by atoms with van der Waals surface area (Å²) in [5.41, 5.74) is 1.55. The summed E-state index contributed by atoms with van der Waals surface area (Å²) in [4.78, 5) is 25.3. The predicted molar refractivity (Wildman–Crippen MR) is 112 cm³/mol. The highest BCUT2D eigenvalue weighted by atomic mass is 32.2. The zero-order valence-electron chi connectivity index (χ0n) is 16.4. The molecule has 150 valence electrons. The zero-order valence-corrected chi connectivity index (χ0v) is 17.2. The van der Waals surface area contributed by atoms with Gasteiger partial charge in [0.2, 0.25) is 5.91 Å². The first-order chi connectivity index (χ1) is 13.5. The molecule has 1 amide bonds. The first kappa shape index (κ1) is 19.2. The summed E-state index contributed by atoms with van der Waals surface area (Å²) >= 11 is 1.50. The highest BCUT2D eigenvalue weighted by molar-refractivity contribution is 8.00. The number of hydrogen-bond acceptors (Lipinski definition) is 4. The molecule has 1 unspecified atom stereocenters. The first-order valence-electron chi connectivity index (χ1n) is 10.1. The lowest BCUT2D eigenvalue weighted by Gasteiger charge is -2.24. The summed E-state index contributed by atoms with van der Waals surface area (Å²) in [6.07, 6.45) is 5.73. The van der Waals surface area contributed by atoms with Gasteiger partial charge in [0.15, 0.2) is 0 Å². The third kappa shape index (κ3) is 3.85. The summed E-state index contributed by atoms with van der Waals surface area (Å²) in [5, 5.41) is 5.83. The molecule has 1 aliphatic carbocycles. The Balaban J connectivity index is 1.72. The van der Waals surface area contributed by atoms with Gasteiger partial charge in [-0.25, -0.2) is 0 Å². The van der Waals surface area contributed by atoms with Gasteiger partial charge >= 0.3 is 0 Å². The van der Waals surface area contributed by atoms with Crippen LogP contribution in [0, 0.1) is 0 Å². The van der Waals surface area contributed by atoms with Gasteiger partial charge in [-0.3, -0.25) is 19.4 Å². The van der Waals surface area contributed by atoms with E-state index in [4.69, 9.17) is 4.74 Å². The van der Waals surface area contributed by atoms with Crippen LogP contribution in [0.2, 0.25) is 0 Å². The van der Waals surface area contributed by atoms with Crippen LogP contribution >= 0.6 is 11.8 Å². The molecule has 28 heavy (non-hydrogen) atoms. The van der Waals surface area contributed by atoms with Crippen molar-refractivity contribution < 1.29 is 9.53 Å². The largest absolute Gasteiger partial charge is 0.491 e. The molecule has 0 radical (unpaired) electrons. The van der Waals surface area contributed by atoms with Crippen LogP contribution in [-0.4, -0.2) is 27.5 Å². The van der Waals surface area contributed by atoms with E-state index in [0.717, 1.165) is 37.0 Å². The Hall–Kier alpha value is -2.15. The summed E-state index contributed by atoms with van der Waals surface area (Å²) in [5.74, 6) is 1.73. The maximum Gasteiger partial charge on any atom is 0.270 e. The maximum atomic E-state index is 12.9. The number of nitrogens with zero attached hydrogens (tertiary/aromatic N) is 1. The molecule has 0 saturated heterocycles. The molecule has 0 spiro atoms. The van der Waals surface area contributed by atoms with E-state index in [9.17, 15) is 9.59 Å². The van der Waals surface area contributed by atoms with Crippen molar-refractivity contribution in [1.82, 2.24) is 9.78 Å². The lowest BCUT2D eigenvalue weighted by molar-refractivity contribution is -0.113. The number of aromatic nitrogens is 2. The van der Waals surface area contributed by atoms with Crippen LogP contribution in [0.4, 0.5) is 5.82 Å². The average molecular weight is 402 g/mol. The van der Waals surface area contributed by atoms with Crippen molar-refractivity contribution in [1.29, 1.82) is 0 Å². The van der Waals surface area contributed by atoms with Gasteiger partial charge in [0.05, 0.1) is 28.7 Å². The van der Waals surface area contributed by atoms with Crippen molar-refractivity contribution in [3.8, 4) is 5.75 Å². The predicted octanol–water partition coefficient (Wildman–Crippen LogP) is 4.24. The highest BCUT2D eigenvalue weighted by Gasteiger charge is 2.32. The minimum atomic E-state index is -0.185. The molecule has 2 aliphatic rings. The second-order valence-electron chi connectivity index (χ2n) is 7.84. The molecule has 1 saturated carbocycles. The average Bonchev–Trinajstić information content (AvgIpc) is 2.89. The van der Waals surface area contributed by atoms with Crippen molar-refractivity contribution in [3.63, 3.8) is 0 Å². The van der Waals surface area contributed by atoms with Crippen LogP contribution in [0.1, 0.15) is 68.4 Å². The van der Waals surface area contributed by atoms with E-state index in [2.05, 4.69) is 10.4 Å². The number of amides is 1. The van der Waals surface area contributed by atoms with Gasteiger partial charge in [0.1, 0.15) is 11.6 Å². The van der Waals surface area contributed by atoms with Gasteiger partial charge in [-0.15, -0.1) is 11.8 Å². The van der Waals surface area contributed by atoms with Crippen molar-refractivity contribution in [2.24, 2.45) is 0 Å². The molecule has 2 N–H and O–H groups in total. The van der Waals surface area contributed by atoms with Crippen molar-refractivity contribution in [2.45, 2.75) is 63.3 Å². The van der Waals surface area contributed by atoms with E-state index in [1.54, 1.807) is 0 Å². The van der Waals surface area contributed by atoms with Crippen LogP contribution in [-0.2, 0) is 4.79 Å². The molecule has 0 bridgehead atoms. The monoisotopic (exact) mass is 401 g/mol. The zero-order chi connectivity index (χ0) is 19.7. The summed E-state index contributed by atoms with van der Waals surface area (Å²) in [7, 11) is 0. The fourth-order valence-electron chi connectivity index (χ4n) is 4.11. The summed E-state index contributed by atoms with van der Waals surface area (Å²) in [6.45, 7) is 3.98. The molecule has 6 nitrogen and oxygen atoms in total. The Bertz CT molecular complexity index is 895. The number of carbonyl (C=O) groups is 1. The fraction of sp³-hybridized carbons (Fsp3) is 0.524. The van der Waals surface area contributed by atoms with Gasteiger partial charge in [-0.05, 0) is 44.4 Å². The molecule has 1 aromatic heterocycles. The van der Waals surface area contributed by atoms with Gasteiger partial charge < -0.3 is 10.1 Å². The van der Waals surface area contributed by atoms with Crippen LogP contribution in [0.25, 0.3) is 0 Å². The molecule has 2 heterocycles. The van der Waals surface area contributed by atoms with E-state index >= 15 is 0 Å². The summed E-state index contributed by atoms with van der Waals surface area (Å²) in [6, 6.07) is 8.10. The number of ether oxygens (including phenoxy) is 1. The number of aromatic amines is 1. The Morgan fingerprint density at radius 3 is 2.50 bits per heavy atom. The lowest BCUT2D eigenvalue weighted by atomic mass is 9.95. The molecule has 2 aromatic rings. The third-order valence-corrected chi connectivity index (χ3v) is 6.63. The van der Waals surface area contributed by atoms with E-state index in [-0.39, 0.29) is 28.9 Å². The van der Waals surface area contributed by atoms with Crippen LogP contribution < -0.4 is 15.6 Å². The highest BCUT2D eigenvalue weighted by Crippen LogP contribution is 2.42. The van der Waals surface area contributed by atoms with Crippen molar-refractivity contribution in [3.05, 3.63) is 45.7 Å². The van der Waals surface area contributed by atoms with Gasteiger partial charge in [-0.1, -0.05) is 31.4 Å². The minimum absolute atomic E-state index is 0.0583. The van der Waals surface area contributed by atoms with Gasteiger partial charge in [0.25, 0.3) is 5.56 Å². The quantitative estimate of drug-likeness (QED) is 0.803. The number of hydrogen-bond donors (Lipinski definition) is 2. The normalized spacial score (nSPS) is 20.5. The fourth-order valence-corrected chi connectivity index (χ4v) is 5.24. The Morgan fingerprint density at radius 1 is 1.11 bits per heavy atom. The number of fused-ring (bicyclic) bond motifs is 1. The number of anilines is 1. The number of carbonyl (C=O) groups excluding carboxylic acids is 1. The van der Waals surface area contributed by atoms with Crippen LogP contribution in [0.5, 0.6) is 5.75 Å². The van der Waals surface area contributed by atoms with Crippen LogP contribution in [0.15, 0.2) is 29.1 Å². The van der Waals surface area contributed by atoms with E-state index in [0.29, 0.717) is 17.1 Å². The molecular weight excluding hydrogens is 374 g/mol. The Labute approximate surface area is 169 Å². The molecular formula is C21H27N3O3S. The number of rotatable bonds is 4. The topological polar surface area (TPSA) is 76.1 Å². The third-order valence-electron chi connectivity index (χ3n) is 5.36. The molecule has 4 rings (SSSR count). The number of nitrogens with one attached hydrogen (secondary N) is 2. The second kappa shape index (κ2) is 8.07. The van der Waals surface area contributed by atoms with Gasteiger partial charge in [-0.2, -0.15) is 0 Å². The number of benzene rings is 1. The van der Waals surface area contributed by atoms with E-state index in [1.807, 2.05) is 42.8 Å². The Morgan fingerprint density at radius 2 is 1.82 bits per heavy atom. The maximum absolute atomic E-state index is 12.9.